The number of thioether (sulfide) groups is 1. The maximum atomic E-state index is 13.6. The quantitative estimate of drug-likeness (QED) is 0.600. The zero-order chi connectivity index (χ0) is 22.5. The van der Waals surface area contributed by atoms with Crippen molar-refractivity contribution in [2.45, 2.75) is 30.4 Å². The van der Waals surface area contributed by atoms with Crippen LogP contribution in [0, 0.1) is 0 Å². The normalized spacial score (nSPS) is 16.8. The second-order valence-corrected chi connectivity index (χ2v) is 8.90. The van der Waals surface area contributed by atoms with E-state index in [0.29, 0.717) is 12.3 Å². The lowest BCUT2D eigenvalue weighted by Crippen LogP contribution is -2.53. The Hall–Kier alpha value is -3.09. The molecule has 2 amide bonds. The average Bonchev–Trinajstić information content (AvgIpc) is 2.96. The molecule has 2 N–H and O–H groups in total. The summed E-state index contributed by atoms with van der Waals surface area (Å²) in [6.45, 7) is 2.22. The van der Waals surface area contributed by atoms with E-state index in [1.165, 1.54) is 0 Å². The van der Waals surface area contributed by atoms with Gasteiger partial charge in [-0.2, -0.15) is 0 Å². The molecule has 2 atom stereocenters. The topological polar surface area (TPSA) is 61.4 Å². The molecule has 1 heterocycles. The second-order valence-electron chi connectivity index (χ2n) is 7.84. The van der Waals surface area contributed by atoms with Crippen molar-refractivity contribution in [3.8, 4) is 11.1 Å². The summed E-state index contributed by atoms with van der Waals surface area (Å²) >= 11 is 1.60. The van der Waals surface area contributed by atoms with E-state index >= 15 is 0 Å². The number of likely N-dealkylation sites (N-methyl/N-ethyl adjacent to an activating group) is 1. The van der Waals surface area contributed by atoms with Gasteiger partial charge in [0.05, 0.1) is 18.3 Å². The van der Waals surface area contributed by atoms with Crippen LogP contribution in [-0.4, -0.2) is 36.7 Å². The number of hydrogen-bond acceptors (Lipinski definition) is 4. The number of carbonyl (C=O) groups excluding carboxylic acids is 2. The Bertz CT molecular complexity index is 1100. The third-order valence-corrected chi connectivity index (χ3v) is 6.80. The van der Waals surface area contributed by atoms with Gasteiger partial charge in [-0.05, 0) is 48.9 Å². The summed E-state index contributed by atoms with van der Waals surface area (Å²) in [6, 6.07) is 25.4. The number of amides is 2. The SMILES string of the molecule is CNC(C)C(=O)NC1CSc2ccccc2N(Cc2cccc(-c3ccccc3)c2)C1=O. The van der Waals surface area contributed by atoms with E-state index in [4.69, 9.17) is 0 Å². The molecule has 3 aromatic carbocycles. The van der Waals surface area contributed by atoms with E-state index in [9.17, 15) is 9.59 Å². The van der Waals surface area contributed by atoms with E-state index < -0.39 is 6.04 Å². The van der Waals surface area contributed by atoms with Crippen molar-refractivity contribution in [1.29, 1.82) is 0 Å². The van der Waals surface area contributed by atoms with Crippen LogP contribution in [0.2, 0.25) is 0 Å². The van der Waals surface area contributed by atoms with Crippen molar-refractivity contribution in [3.05, 3.63) is 84.4 Å². The highest BCUT2D eigenvalue weighted by atomic mass is 32.2. The number of rotatable bonds is 6. The molecule has 4 rings (SSSR count). The highest BCUT2D eigenvalue weighted by molar-refractivity contribution is 7.99. The maximum absolute atomic E-state index is 13.6. The van der Waals surface area contributed by atoms with Gasteiger partial charge in [0.25, 0.3) is 5.91 Å². The summed E-state index contributed by atoms with van der Waals surface area (Å²) in [5.41, 5.74) is 4.17. The molecule has 0 fully saturated rings. The number of hydrogen-bond donors (Lipinski definition) is 2. The number of para-hydroxylation sites is 1. The van der Waals surface area contributed by atoms with Crippen LogP contribution in [-0.2, 0) is 16.1 Å². The second kappa shape index (κ2) is 10.0. The standard InChI is InChI=1S/C26H27N3O2S/c1-18(27-2)25(30)28-22-17-32-24-14-7-6-13-23(24)29(26(22)31)16-19-9-8-12-21(15-19)20-10-4-3-5-11-20/h3-15,18,22,27H,16-17H2,1-2H3,(H,28,30). The van der Waals surface area contributed by atoms with Crippen LogP contribution in [0.1, 0.15) is 12.5 Å². The number of fused-ring (bicyclic) bond motifs is 1. The van der Waals surface area contributed by atoms with Gasteiger partial charge >= 0.3 is 0 Å². The van der Waals surface area contributed by atoms with Crippen molar-refractivity contribution in [3.63, 3.8) is 0 Å². The molecule has 1 aliphatic rings. The predicted octanol–water partition coefficient (Wildman–Crippen LogP) is 4.09. The molecule has 2 unspecified atom stereocenters. The van der Waals surface area contributed by atoms with Gasteiger partial charge in [0.1, 0.15) is 6.04 Å². The van der Waals surface area contributed by atoms with E-state index in [2.05, 4.69) is 34.9 Å². The highest BCUT2D eigenvalue weighted by Gasteiger charge is 2.32. The Kier molecular flexibility index (Phi) is 6.93. The third-order valence-electron chi connectivity index (χ3n) is 5.64. The fraction of sp³-hybridized carbons (Fsp3) is 0.231. The number of anilines is 1. The van der Waals surface area contributed by atoms with Crippen LogP contribution in [0.3, 0.4) is 0 Å². The van der Waals surface area contributed by atoms with Gasteiger partial charge < -0.3 is 15.5 Å². The molecule has 0 radical (unpaired) electrons. The van der Waals surface area contributed by atoms with E-state index in [1.807, 2.05) is 54.6 Å². The molecule has 164 valence electrons. The van der Waals surface area contributed by atoms with E-state index in [1.54, 1.807) is 30.6 Å². The maximum Gasteiger partial charge on any atom is 0.250 e. The smallest absolute Gasteiger partial charge is 0.250 e. The lowest BCUT2D eigenvalue weighted by atomic mass is 10.0. The Morgan fingerprint density at radius 3 is 2.53 bits per heavy atom. The van der Waals surface area contributed by atoms with Crippen LogP contribution >= 0.6 is 11.8 Å². The molecular weight excluding hydrogens is 418 g/mol. The van der Waals surface area contributed by atoms with E-state index in [-0.39, 0.29) is 17.9 Å². The van der Waals surface area contributed by atoms with Crippen molar-refractivity contribution in [2.75, 3.05) is 17.7 Å². The third kappa shape index (κ3) is 4.87. The molecule has 0 aliphatic carbocycles. The molecule has 0 saturated heterocycles. The van der Waals surface area contributed by atoms with Crippen LogP contribution in [0.4, 0.5) is 5.69 Å². The minimum absolute atomic E-state index is 0.0933. The summed E-state index contributed by atoms with van der Waals surface area (Å²) in [6.07, 6.45) is 0. The largest absolute Gasteiger partial charge is 0.342 e. The molecular formula is C26H27N3O2S. The van der Waals surface area contributed by atoms with Gasteiger partial charge in [-0.3, -0.25) is 9.59 Å². The first kappa shape index (κ1) is 22.1. The first-order chi connectivity index (χ1) is 15.6. The van der Waals surface area contributed by atoms with Crippen molar-refractivity contribution < 1.29 is 9.59 Å². The zero-order valence-electron chi connectivity index (χ0n) is 18.2. The number of benzene rings is 3. The summed E-state index contributed by atoms with van der Waals surface area (Å²) in [7, 11) is 1.73. The number of carbonyl (C=O) groups is 2. The summed E-state index contributed by atoms with van der Waals surface area (Å²) in [4.78, 5) is 28.9. The first-order valence-electron chi connectivity index (χ1n) is 10.7. The van der Waals surface area contributed by atoms with E-state index in [0.717, 1.165) is 27.3 Å². The van der Waals surface area contributed by atoms with Gasteiger partial charge in [0, 0.05) is 10.6 Å². The summed E-state index contributed by atoms with van der Waals surface area (Å²) < 4.78 is 0. The summed E-state index contributed by atoms with van der Waals surface area (Å²) in [5.74, 6) is 0.228. The minimum Gasteiger partial charge on any atom is -0.342 e. The van der Waals surface area contributed by atoms with Crippen molar-refractivity contribution in [1.82, 2.24) is 10.6 Å². The highest BCUT2D eigenvalue weighted by Crippen LogP contribution is 2.35. The monoisotopic (exact) mass is 445 g/mol. The van der Waals surface area contributed by atoms with Gasteiger partial charge in [-0.25, -0.2) is 0 Å². The molecule has 0 spiro atoms. The van der Waals surface area contributed by atoms with Crippen LogP contribution in [0.25, 0.3) is 11.1 Å². The molecule has 0 saturated carbocycles. The predicted molar refractivity (Wildman–Crippen MR) is 131 cm³/mol. The van der Waals surface area contributed by atoms with Gasteiger partial charge in [-0.1, -0.05) is 60.7 Å². The molecule has 5 nitrogen and oxygen atoms in total. The minimum atomic E-state index is -0.590. The average molecular weight is 446 g/mol. The Morgan fingerprint density at radius 2 is 1.75 bits per heavy atom. The molecule has 32 heavy (non-hydrogen) atoms. The van der Waals surface area contributed by atoms with Gasteiger partial charge in [0.15, 0.2) is 0 Å². The number of nitrogens with one attached hydrogen (secondary N) is 2. The molecule has 1 aliphatic heterocycles. The fourth-order valence-corrected chi connectivity index (χ4v) is 4.78. The van der Waals surface area contributed by atoms with Crippen LogP contribution in [0.5, 0.6) is 0 Å². The first-order valence-corrected chi connectivity index (χ1v) is 11.7. The molecule has 3 aromatic rings. The van der Waals surface area contributed by atoms with Crippen LogP contribution in [0.15, 0.2) is 83.8 Å². The van der Waals surface area contributed by atoms with Crippen LogP contribution < -0.4 is 15.5 Å². The van der Waals surface area contributed by atoms with Crippen molar-refractivity contribution >= 4 is 29.3 Å². The lowest BCUT2D eigenvalue weighted by Gasteiger charge is -2.27. The Labute approximate surface area is 193 Å². The Balaban J connectivity index is 1.64. The van der Waals surface area contributed by atoms with Crippen molar-refractivity contribution in [2.24, 2.45) is 0 Å². The Morgan fingerprint density at radius 1 is 1.03 bits per heavy atom. The van der Waals surface area contributed by atoms with Gasteiger partial charge in [0.2, 0.25) is 5.91 Å². The molecule has 6 heteroatoms. The molecule has 0 bridgehead atoms. The number of nitrogens with zero attached hydrogens (tertiary/aromatic N) is 1. The molecule has 0 aromatic heterocycles. The zero-order valence-corrected chi connectivity index (χ0v) is 19.1. The van der Waals surface area contributed by atoms with Gasteiger partial charge in [-0.15, -0.1) is 11.8 Å². The fourth-order valence-electron chi connectivity index (χ4n) is 3.71. The lowest BCUT2D eigenvalue weighted by molar-refractivity contribution is -0.128. The summed E-state index contributed by atoms with van der Waals surface area (Å²) in [5, 5.41) is 5.86.